The van der Waals surface area contributed by atoms with E-state index in [1.165, 1.54) is 0 Å². The summed E-state index contributed by atoms with van der Waals surface area (Å²) < 4.78 is 11.2. The Hall–Kier alpha value is -0.0800. The van der Waals surface area contributed by atoms with E-state index in [1.807, 2.05) is 0 Å². The lowest BCUT2D eigenvalue weighted by molar-refractivity contribution is 0.00431. The van der Waals surface area contributed by atoms with Crippen LogP contribution in [0.3, 0.4) is 0 Å². The molecule has 0 radical (unpaired) electrons. The summed E-state index contributed by atoms with van der Waals surface area (Å²) in [6.45, 7) is 16.6. The lowest BCUT2D eigenvalue weighted by atomic mass is 9.78. The van der Waals surface area contributed by atoms with Crippen molar-refractivity contribution in [2.24, 2.45) is 23.7 Å². The third kappa shape index (κ3) is 5.86. The first-order valence-corrected chi connectivity index (χ1v) is 6.69. The average molecular weight is 230 g/mol. The molecule has 2 atom stereocenters. The minimum absolute atomic E-state index is 0.603. The molecule has 0 aliphatic heterocycles. The third-order valence-corrected chi connectivity index (χ3v) is 3.29. The van der Waals surface area contributed by atoms with Crippen LogP contribution in [0.5, 0.6) is 0 Å². The van der Waals surface area contributed by atoms with Crippen LogP contribution in [0, 0.1) is 23.7 Å². The quantitative estimate of drug-likeness (QED) is 0.602. The first-order valence-electron chi connectivity index (χ1n) is 6.69. The Balaban J connectivity index is 4.39. The summed E-state index contributed by atoms with van der Waals surface area (Å²) in [5.74, 6) is 2.51. The van der Waals surface area contributed by atoms with E-state index in [4.69, 9.17) is 9.47 Å². The molecule has 16 heavy (non-hydrogen) atoms. The van der Waals surface area contributed by atoms with Gasteiger partial charge in [0, 0.05) is 26.4 Å². The van der Waals surface area contributed by atoms with Crippen LogP contribution in [0.15, 0.2) is 0 Å². The van der Waals surface area contributed by atoms with E-state index in [2.05, 4.69) is 41.5 Å². The van der Waals surface area contributed by atoms with E-state index in [9.17, 15) is 0 Å². The largest absolute Gasteiger partial charge is 0.381 e. The second-order valence-corrected chi connectivity index (χ2v) is 5.13. The predicted molar refractivity (Wildman–Crippen MR) is 69.6 cm³/mol. The monoisotopic (exact) mass is 230 g/mol. The molecule has 2 nitrogen and oxygen atoms in total. The van der Waals surface area contributed by atoms with Gasteiger partial charge in [-0.15, -0.1) is 0 Å². The molecule has 98 valence electrons. The van der Waals surface area contributed by atoms with Gasteiger partial charge in [-0.2, -0.15) is 0 Å². The molecular formula is C14H30O2. The Kier molecular flexibility index (Phi) is 8.96. The first kappa shape index (κ1) is 15.9. The van der Waals surface area contributed by atoms with Crippen LogP contribution < -0.4 is 0 Å². The van der Waals surface area contributed by atoms with Crippen LogP contribution in [-0.2, 0) is 9.47 Å². The fourth-order valence-electron chi connectivity index (χ4n) is 2.13. The van der Waals surface area contributed by atoms with E-state index in [0.29, 0.717) is 23.7 Å². The van der Waals surface area contributed by atoms with Crippen molar-refractivity contribution in [1.82, 2.24) is 0 Å². The Morgan fingerprint density at radius 2 is 1.00 bits per heavy atom. The summed E-state index contributed by atoms with van der Waals surface area (Å²) in [6, 6.07) is 0. The van der Waals surface area contributed by atoms with E-state index in [1.54, 1.807) is 0 Å². The van der Waals surface area contributed by atoms with Crippen molar-refractivity contribution < 1.29 is 9.47 Å². The van der Waals surface area contributed by atoms with Gasteiger partial charge in [0.2, 0.25) is 0 Å². The van der Waals surface area contributed by atoms with Crippen LogP contribution in [0.4, 0.5) is 0 Å². The van der Waals surface area contributed by atoms with Crippen molar-refractivity contribution in [2.45, 2.75) is 41.5 Å². The van der Waals surface area contributed by atoms with Crippen molar-refractivity contribution in [3.05, 3.63) is 0 Å². The van der Waals surface area contributed by atoms with E-state index in [-0.39, 0.29) is 0 Å². The van der Waals surface area contributed by atoms with E-state index < -0.39 is 0 Å². The highest BCUT2D eigenvalue weighted by Gasteiger charge is 2.27. The Labute approximate surface area is 102 Å². The molecular weight excluding hydrogens is 200 g/mol. The van der Waals surface area contributed by atoms with E-state index in [0.717, 1.165) is 26.4 Å². The van der Waals surface area contributed by atoms with Crippen molar-refractivity contribution in [2.75, 3.05) is 26.4 Å². The lowest BCUT2D eigenvalue weighted by Crippen LogP contribution is -2.32. The maximum atomic E-state index is 5.61. The number of hydrogen-bond donors (Lipinski definition) is 0. The first-order chi connectivity index (χ1) is 7.54. The molecule has 0 rings (SSSR count). The summed E-state index contributed by atoms with van der Waals surface area (Å²) in [4.78, 5) is 0. The van der Waals surface area contributed by atoms with Gasteiger partial charge in [0.1, 0.15) is 0 Å². The molecule has 2 heteroatoms. The number of rotatable bonds is 9. The molecule has 2 unspecified atom stereocenters. The van der Waals surface area contributed by atoms with Crippen LogP contribution in [0.25, 0.3) is 0 Å². The number of ether oxygens (including phenoxy) is 2. The van der Waals surface area contributed by atoms with Crippen LogP contribution >= 0.6 is 0 Å². The molecule has 0 aliphatic carbocycles. The summed E-state index contributed by atoms with van der Waals surface area (Å²) in [7, 11) is 0. The third-order valence-electron chi connectivity index (χ3n) is 3.29. The van der Waals surface area contributed by atoms with Crippen LogP contribution in [0.2, 0.25) is 0 Å². The Morgan fingerprint density at radius 3 is 1.19 bits per heavy atom. The van der Waals surface area contributed by atoms with Gasteiger partial charge in [0.15, 0.2) is 0 Å². The molecule has 0 bridgehead atoms. The molecule has 0 heterocycles. The van der Waals surface area contributed by atoms with Gasteiger partial charge < -0.3 is 9.47 Å². The second-order valence-electron chi connectivity index (χ2n) is 5.13. The summed E-state index contributed by atoms with van der Waals surface area (Å²) >= 11 is 0. The normalized spacial score (nSPS) is 15.8. The van der Waals surface area contributed by atoms with Crippen molar-refractivity contribution >= 4 is 0 Å². The molecule has 0 fully saturated rings. The molecule has 0 spiro atoms. The fourth-order valence-corrected chi connectivity index (χ4v) is 2.13. The van der Waals surface area contributed by atoms with Gasteiger partial charge in [-0.25, -0.2) is 0 Å². The standard InChI is InChI=1S/C14H30O2/c1-7-15-9-13(11(3)4)14(12(5)6)10-16-8-2/h11-14H,7-10H2,1-6H3. The van der Waals surface area contributed by atoms with Crippen molar-refractivity contribution in [3.63, 3.8) is 0 Å². The lowest BCUT2D eigenvalue weighted by Gasteiger charge is -2.32. The zero-order chi connectivity index (χ0) is 12.6. The Bertz CT molecular complexity index is 137. The zero-order valence-corrected chi connectivity index (χ0v) is 12.0. The molecule has 0 aromatic rings. The topological polar surface area (TPSA) is 18.5 Å². The minimum atomic E-state index is 0.603. The minimum Gasteiger partial charge on any atom is -0.381 e. The van der Waals surface area contributed by atoms with Gasteiger partial charge in [-0.05, 0) is 37.5 Å². The summed E-state index contributed by atoms with van der Waals surface area (Å²) in [5.41, 5.74) is 0. The predicted octanol–water partition coefficient (Wildman–Crippen LogP) is 3.60. The molecule has 0 saturated heterocycles. The fraction of sp³-hybridized carbons (Fsp3) is 1.00. The highest BCUT2D eigenvalue weighted by atomic mass is 16.5. The van der Waals surface area contributed by atoms with Crippen molar-refractivity contribution in [3.8, 4) is 0 Å². The van der Waals surface area contributed by atoms with Crippen LogP contribution in [-0.4, -0.2) is 26.4 Å². The van der Waals surface area contributed by atoms with Gasteiger partial charge >= 0.3 is 0 Å². The molecule has 0 saturated carbocycles. The molecule has 0 aromatic carbocycles. The maximum Gasteiger partial charge on any atom is 0.0500 e. The highest BCUT2D eigenvalue weighted by Crippen LogP contribution is 2.28. The maximum absolute atomic E-state index is 5.61. The number of hydrogen-bond acceptors (Lipinski definition) is 2. The molecule has 0 aliphatic rings. The van der Waals surface area contributed by atoms with Gasteiger partial charge in [0.05, 0.1) is 0 Å². The molecule has 0 N–H and O–H groups in total. The zero-order valence-electron chi connectivity index (χ0n) is 12.0. The van der Waals surface area contributed by atoms with Gasteiger partial charge in [-0.3, -0.25) is 0 Å². The Morgan fingerprint density at radius 1 is 0.688 bits per heavy atom. The summed E-state index contributed by atoms with van der Waals surface area (Å²) in [6.07, 6.45) is 0. The highest BCUT2D eigenvalue weighted by molar-refractivity contribution is 4.75. The van der Waals surface area contributed by atoms with Crippen LogP contribution in [0.1, 0.15) is 41.5 Å². The summed E-state index contributed by atoms with van der Waals surface area (Å²) in [5, 5.41) is 0. The van der Waals surface area contributed by atoms with Gasteiger partial charge in [0.25, 0.3) is 0 Å². The van der Waals surface area contributed by atoms with Gasteiger partial charge in [-0.1, -0.05) is 27.7 Å². The SMILES string of the molecule is CCOCC(C(C)C)C(COCC)C(C)C. The van der Waals surface area contributed by atoms with E-state index >= 15 is 0 Å². The second kappa shape index (κ2) is 9.00. The van der Waals surface area contributed by atoms with Crippen molar-refractivity contribution in [1.29, 1.82) is 0 Å². The smallest absolute Gasteiger partial charge is 0.0500 e. The average Bonchev–Trinajstić information content (AvgIpc) is 2.21. The molecule has 0 amide bonds. The molecule has 0 aromatic heterocycles.